The van der Waals surface area contributed by atoms with Crippen molar-refractivity contribution in [2.75, 3.05) is 25.5 Å². The number of nitrogens with one attached hydrogen (secondary N) is 1. The molecule has 1 rings (SSSR count). The molecule has 1 amide bonds. The molecule has 5 heteroatoms. The molecule has 94 valence electrons. The Kier molecular flexibility index (Phi) is 5.88. The zero-order valence-corrected chi connectivity index (χ0v) is 9.69. The minimum Gasteiger partial charge on any atom is -0.482 e. The molecule has 0 spiro atoms. The summed E-state index contributed by atoms with van der Waals surface area (Å²) >= 11 is 0. The van der Waals surface area contributed by atoms with E-state index in [0.717, 1.165) is 6.42 Å². The van der Waals surface area contributed by atoms with Gasteiger partial charge in [-0.05, 0) is 25.0 Å². The number of ether oxygens (including phenoxy) is 1. The highest BCUT2D eigenvalue weighted by molar-refractivity contribution is 5.77. The first-order valence-electron chi connectivity index (χ1n) is 5.59. The van der Waals surface area contributed by atoms with Crippen molar-refractivity contribution in [3.63, 3.8) is 0 Å². The van der Waals surface area contributed by atoms with Gasteiger partial charge in [0.15, 0.2) is 6.61 Å². The van der Waals surface area contributed by atoms with Crippen LogP contribution >= 0.6 is 0 Å². The van der Waals surface area contributed by atoms with E-state index in [1.165, 1.54) is 0 Å². The Bertz CT molecular complexity index is 355. The summed E-state index contributed by atoms with van der Waals surface area (Å²) in [5.74, 6) is 0.323. The molecule has 0 aliphatic heterocycles. The van der Waals surface area contributed by atoms with Crippen LogP contribution in [0.2, 0.25) is 0 Å². The Morgan fingerprint density at radius 1 is 1.35 bits per heavy atom. The Morgan fingerprint density at radius 2 is 2.12 bits per heavy atom. The third-order valence-corrected chi connectivity index (χ3v) is 2.18. The SMILES string of the molecule is Nc1ccccc1OCC(=O)NCCCCO. The van der Waals surface area contributed by atoms with Crippen LogP contribution in [0, 0.1) is 0 Å². The number of rotatable bonds is 7. The average molecular weight is 238 g/mol. The second-order valence-electron chi connectivity index (χ2n) is 3.61. The highest BCUT2D eigenvalue weighted by atomic mass is 16.5. The van der Waals surface area contributed by atoms with Gasteiger partial charge in [0.2, 0.25) is 0 Å². The number of carbonyl (C=O) groups excluding carboxylic acids is 1. The van der Waals surface area contributed by atoms with Gasteiger partial charge in [-0.2, -0.15) is 0 Å². The fourth-order valence-electron chi connectivity index (χ4n) is 1.27. The van der Waals surface area contributed by atoms with Crippen molar-refractivity contribution >= 4 is 11.6 Å². The van der Waals surface area contributed by atoms with E-state index in [-0.39, 0.29) is 19.1 Å². The van der Waals surface area contributed by atoms with Crippen molar-refractivity contribution in [1.82, 2.24) is 5.32 Å². The normalized spacial score (nSPS) is 9.94. The van der Waals surface area contributed by atoms with Gasteiger partial charge in [-0.15, -0.1) is 0 Å². The molecule has 4 N–H and O–H groups in total. The lowest BCUT2D eigenvalue weighted by atomic mass is 10.3. The maximum absolute atomic E-state index is 11.4. The minimum atomic E-state index is -0.189. The van der Waals surface area contributed by atoms with Crippen LogP contribution in [-0.4, -0.2) is 30.8 Å². The Labute approximate surface area is 101 Å². The molecular formula is C12H18N2O3. The first kappa shape index (κ1) is 13.3. The number of carbonyl (C=O) groups is 1. The summed E-state index contributed by atoms with van der Waals surface area (Å²) in [4.78, 5) is 11.4. The maximum atomic E-state index is 11.4. The lowest BCUT2D eigenvalue weighted by molar-refractivity contribution is -0.123. The van der Waals surface area contributed by atoms with Gasteiger partial charge in [0, 0.05) is 13.2 Å². The number of hydrogen-bond donors (Lipinski definition) is 3. The lowest BCUT2D eigenvalue weighted by Crippen LogP contribution is -2.29. The molecule has 0 bridgehead atoms. The van der Waals surface area contributed by atoms with Gasteiger partial charge in [-0.1, -0.05) is 12.1 Å². The second-order valence-corrected chi connectivity index (χ2v) is 3.61. The Balaban J connectivity index is 2.22. The Hall–Kier alpha value is -1.75. The summed E-state index contributed by atoms with van der Waals surface area (Å²) in [6, 6.07) is 7.03. The fraction of sp³-hybridized carbons (Fsp3) is 0.417. The lowest BCUT2D eigenvalue weighted by Gasteiger charge is -2.08. The van der Waals surface area contributed by atoms with Crippen LogP contribution in [0.3, 0.4) is 0 Å². The molecule has 0 aromatic heterocycles. The van der Waals surface area contributed by atoms with Crippen LogP contribution < -0.4 is 15.8 Å². The van der Waals surface area contributed by atoms with Crippen molar-refractivity contribution in [2.24, 2.45) is 0 Å². The number of amides is 1. The predicted octanol–water partition coefficient (Wildman–Crippen LogP) is 0.536. The van der Waals surface area contributed by atoms with Crippen LogP contribution in [0.25, 0.3) is 0 Å². The standard InChI is InChI=1S/C12H18N2O3/c13-10-5-1-2-6-11(10)17-9-12(16)14-7-3-4-8-15/h1-2,5-6,15H,3-4,7-9,13H2,(H,14,16). The fourth-order valence-corrected chi connectivity index (χ4v) is 1.27. The summed E-state index contributed by atoms with van der Waals surface area (Å²) in [6.45, 7) is 0.646. The molecule has 1 aromatic rings. The van der Waals surface area contributed by atoms with Gasteiger partial charge in [-0.3, -0.25) is 4.79 Å². The molecule has 0 heterocycles. The van der Waals surface area contributed by atoms with E-state index < -0.39 is 0 Å². The van der Waals surface area contributed by atoms with Crippen molar-refractivity contribution in [2.45, 2.75) is 12.8 Å². The first-order chi connectivity index (χ1) is 8.24. The molecule has 5 nitrogen and oxygen atoms in total. The molecule has 0 fully saturated rings. The zero-order valence-electron chi connectivity index (χ0n) is 9.69. The van der Waals surface area contributed by atoms with Crippen molar-refractivity contribution in [1.29, 1.82) is 0 Å². The highest BCUT2D eigenvalue weighted by Gasteiger charge is 2.03. The minimum absolute atomic E-state index is 0.0483. The number of nitrogens with two attached hydrogens (primary N) is 1. The summed E-state index contributed by atoms with van der Waals surface area (Å²) in [5.41, 5.74) is 6.18. The number of nitrogen functional groups attached to an aromatic ring is 1. The van der Waals surface area contributed by atoms with Crippen molar-refractivity contribution < 1.29 is 14.6 Å². The van der Waals surface area contributed by atoms with E-state index in [4.69, 9.17) is 15.6 Å². The predicted molar refractivity (Wildman–Crippen MR) is 65.7 cm³/mol. The average Bonchev–Trinajstić information content (AvgIpc) is 2.34. The number of para-hydroxylation sites is 2. The number of aliphatic hydroxyl groups excluding tert-OH is 1. The molecule has 17 heavy (non-hydrogen) atoms. The number of benzene rings is 1. The second kappa shape index (κ2) is 7.51. The van der Waals surface area contributed by atoms with Crippen LogP contribution in [0.15, 0.2) is 24.3 Å². The quantitative estimate of drug-likeness (QED) is 0.478. The van der Waals surface area contributed by atoms with E-state index in [9.17, 15) is 4.79 Å². The van der Waals surface area contributed by atoms with E-state index in [0.29, 0.717) is 24.4 Å². The molecule has 1 aromatic carbocycles. The van der Waals surface area contributed by atoms with Crippen LogP contribution in [-0.2, 0) is 4.79 Å². The number of anilines is 1. The van der Waals surface area contributed by atoms with E-state index >= 15 is 0 Å². The number of aliphatic hydroxyl groups is 1. The van der Waals surface area contributed by atoms with Crippen LogP contribution in [0.4, 0.5) is 5.69 Å². The Morgan fingerprint density at radius 3 is 2.82 bits per heavy atom. The van der Waals surface area contributed by atoms with E-state index in [1.807, 2.05) is 0 Å². The van der Waals surface area contributed by atoms with Gasteiger partial charge in [0.1, 0.15) is 5.75 Å². The molecule has 0 radical (unpaired) electrons. The summed E-state index contributed by atoms with van der Waals surface area (Å²) in [6.07, 6.45) is 1.45. The molecule has 0 saturated carbocycles. The highest BCUT2D eigenvalue weighted by Crippen LogP contribution is 2.19. The van der Waals surface area contributed by atoms with Crippen molar-refractivity contribution in [3.05, 3.63) is 24.3 Å². The molecule has 0 unspecified atom stereocenters. The molecule has 0 aliphatic carbocycles. The topological polar surface area (TPSA) is 84.6 Å². The summed E-state index contributed by atoms with van der Waals surface area (Å²) in [7, 11) is 0. The smallest absolute Gasteiger partial charge is 0.257 e. The van der Waals surface area contributed by atoms with Crippen molar-refractivity contribution in [3.8, 4) is 5.75 Å². The third kappa shape index (κ3) is 5.21. The summed E-state index contributed by atoms with van der Waals surface area (Å²) < 4.78 is 5.27. The van der Waals surface area contributed by atoms with Gasteiger partial charge in [0.25, 0.3) is 5.91 Å². The molecule has 0 aliphatic rings. The van der Waals surface area contributed by atoms with Gasteiger partial charge in [-0.25, -0.2) is 0 Å². The third-order valence-electron chi connectivity index (χ3n) is 2.18. The molecule has 0 saturated heterocycles. The van der Waals surface area contributed by atoms with E-state index in [1.54, 1.807) is 24.3 Å². The van der Waals surface area contributed by atoms with Gasteiger partial charge >= 0.3 is 0 Å². The molecule has 0 atom stereocenters. The maximum Gasteiger partial charge on any atom is 0.257 e. The largest absolute Gasteiger partial charge is 0.482 e. The summed E-state index contributed by atoms with van der Waals surface area (Å²) in [5, 5.41) is 11.3. The van der Waals surface area contributed by atoms with Gasteiger partial charge in [0.05, 0.1) is 5.69 Å². The molecular weight excluding hydrogens is 220 g/mol. The van der Waals surface area contributed by atoms with Crippen LogP contribution in [0.5, 0.6) is 5.75 Å². The van der Waals surface area contributed by atoms with Crippen LogP contribution in [0.1, 0.15) is 12.8 Å². The first-order valence-corrected chi connectivity index (χ1v) is 5.59. The number of unbranched alkanes of at least 4 members (excludes halogenated alkanes) is 1. The van der Waals surface area contributed by atoms with Gasteiger partial charge < -0.3 is 20.9 Å². The van der Waals surface area contributed by atoms with E-state index in [2.05, 4.69) is 5.32 Å². The number of hydrogen-bond acceptors (Lipinski definition) is 4. The monoisotopic (exact) mass is 238 g/mol. The zero-order chi connectivity index (χ0) is 12.5.